The summed E-state index contributed by atoms with van der Waals surface area (Å²) in [4.78, 5) is 25.4. The molecule has 0 aliphatic carbocycles. The number of benzene rings is 1. The number of aryl methyl sites for hydroxylation is 1. The molecule has 2 atom stereocenters. The zero-order valence-electron chi connectivity index (χ0n) is 15.4. The van der Waals surface area contributed by atoms with Crippen molar-refractivity contribution in [3.8, 4) is 0 Å². The first-order chi connectivity index (χ1) is 11.7. The van der Waals surface area contributed by atoms with Gasteiger partial charge in [0.2, 0.25) is 5.91 Å². The van der Waals surface area contributed by atoms with E-state index in [1.165, 1.54) is 11.3 Å². The highest BCUT2D eigenvalue weighted by Gasteiger charge is 2.30. The van der Waals surface area contributed by atoms with E-state index in [1.54, 1.807) is 13.0 Å². The zero-order valence-corrected chi connectivity index (χ0v) is 16.2. The van der Waals surface area contributed by atoms with Crippen molar-refractivity contribution < 1.29 is 9.59 Å². The third kappa shape index (κ3) is 4.92. The molecule has 4 nitrogen and oxygen atoms in total. The summed E-state index contributed by atoms with van der Waals surface area (Å²) in [7, 11) is 0. The van der Waals surface area contributed by atoms with E-state index in [2.05, 4.69) is 31.4 Å². The first-order valence-electron chi connectivity index (χ1n) is 8.40. The number of thiophene rings is 1. The predicted molar refractivity (Wildman–Crippen MR) is 103 cm³/mol. The molecular weight excluding hydrogens is 332 g/mol. The molecule has 2 rings (SSSR count). The molecule has 0 fully saturated rings. The van der Waals surface area contributed by atoms with Crippen molar-refractivity contribution in [1.82, 2.24) is 10.6 Å². The smallest absolute Gasteiger partial charge is 0.261 e. The average Bonchev–Trinajstić information content (AvgIpc) is 3.06. The molecule has 0 aliphatic rings. The fourth-order valence-corrected chi connectivity index (χ4v) is 3.31. The lowest BCUT2D eigenvalue weighted by atomic mass is 9.80. The molecular formula is C20H26N2O2S. The molecule has 0 saturated carbocycles. The third-order valence-electron chi connectivity index (χ3n) is 4.14. The summed E-state index contributed by atoms with van der Waals surface area (Å²) >= 11 is 1.36. The van der Waals surface area contributed by atoms with Gasteiger partial charge in [0.15, 0.2) is 0 Å². The molecule has 0 radical (unpaired) electrons. The lowest BCUT2D eigenvalue weighted by Gasteiger charge is -2.34. The molecule has 0 spiro atoms. The third-order valence-corrected chi connectivity index (χ3v) is 5.01. The monoisotopic (exact) mass is 358 g/mol. The largest absolute Gasteiger partial charge is 0.347 e. The van der Waals surface area contributed by atoms with Crippen molar-refractivity contribution in [3.63, 3.8) is 0 Å². The topological polar surface area (TPSA) is 58.2 Å². The highest BCUT2D eigenvalue weighted by Crippen LogP contribution is 2.34. The van der Waals surface area contributed by atoms with Crippen LogP contribution in [0.2, 0.25) is 0 Å². The summed E-state index contributed by atoms with van der Waals surface area (Å²) < 4.78 is 0. The van der Waals surface area contributed by atoms with E-state index in [1.807, 2.05) is 42.6 Å². The van der Waals surface area contributed by atoms with Crippen molar-refractivity contribution in [1.29, 1.82) is 0 Å². The summed E-state index contributed by atoms with van der Waals surface area (Å²) in [5.41, 5.74) is 2.08. The van der Waals surface area contributed by atoms with E-state index in [-0.39, 0.29) is 23.3 Å². The number of carbonyl (C=O) groups is 2. The maximum atomic E-state index is 12.7. The van der Waals surface area contributed by atoms with E-state index in [0.29, 0.717) is 4.88 Å². The minimum atomic E-state index is -0.608. The van der Waals surface area contributed by atoms with Gasteiger partial charge in [0.25, 0.3) is 5.91 Å². The minimum Gasteiger partial charge on any atom is -0.347 e. The van der Waals surface area contributed by atoms with Crippen LogP contribution in [-0.4, -0.2) is 17.9 Å². The highest BCUT2D eigenvalue weighted by molar-refractivity contribution is 7.12. The number of hydrogen-bond acceptors (Lipinski definition) is 3. The van der Waals surface area contributed by atoms with Crippen LogP contribution in [0.1, 0.15) is 54.5 Å². The van der Waals surface area contributed by atoms with Crippen molar-refractivity contribution in [2.45, 2.75) is 46.7 Å². The lowest BCUT2D eigenvalue weighted by molar-refractivity contribution is -0.124. The highest BCUT2D eigenvalue weighted by atomic mass is 32.1. The number of carbonyl (C=O) groups excluding carboxylic acids is 2. The van der Waals surface area contributed by atoms with Gasteiger partial charge >= 0.3 is 0 Å². The SMILES string of the molecule is Cc1ccccc1[C@H](NC(=O)[C@@H](C)NC(=O)c1cccs1)C(C)(C)C. The molecule has 25 heavy (non-hydrogen) atoms. The molecule has 1 heterocycles. The fraction of sp³-hybridized carbons (Fsp3) is 0.400. The second-order valence-corrected chi connectivity index (χ2v) is 8.28. The van der Waals surface area contributed by atoms with Crippen LogP contribution >= 0.6 is 11.3 Å². The molecule has 1 aromatic carbocycles. The van der Waals surface area contributed by atoms with Gasteiger partial charge in [-0.05, 0) is 41.8 Å². The van der Waals surface area contributed by atoms with Crippen LogP contribution in [0.5, 0.6) is 0 Å². The van der Waals surface area contributed by atoms with Gasteiger partial charge in [-0.25, -0.2) is 0 Å². The Morgan fingerprint density at radius 3 is 2.28 bits per heavy atom. The molecule has 2 N–H and O–H groups in total. The number of nitrogens with one attached hydrogen (secondary N) is 2. The van der Waals surface area contributed by atoms with Crippen LogP contribution < -0.4 is 10.6 Å². The van der Waals surface area contributed by atoms with Crippen molar-refractivity contribution in [2.24, 2.45) is 5.41 Å². The Labute approximate surface area is 153 Å². The van der Waals surface area contributed by atoms with Gasteiger partial charge in [-0.2, -0.15) is 0 Å². The van der Waals surface area contributed by atoms with Gasteiger partial charge in [0.1, 0.15) is 6.04 Å². The molecule has 2 aromatic rings. The van der Waals surface area contributed by atoms with Crippen LogP contribution in [-0.2, 0) is 4.79 Å². The van der Waals surface area contributed by atoms with Crippen LogP contribution in [0.3, 0.4) is 0 Å². The molecule has 0 unspecified atom stereocenters. The normalized spacial score (nSPS) is 13.8. The number of hydrogen-bond donors (Lipinski definition) is 2. The Kier molecular flexibility index (Phi) is 6.01. The first-order valence-corrected chi connectivity index (χ1v) is 9.28. The quantitative estimate of drug-likeness (QED) is 0.846. The van der Waals surface area contributed by atoms with Gasteiger partial charge in [0.05, 0.1) is 10.9 Å². The van der Waals surface area contributed by atoms with Crippen molar-refractivity contribution in [2.75, 3.05) is 0 Å². The van der Waals surface area contributed by atoms with E-state index < -0.39 is 6.04 Å². The Hall–Kier alpha value is -2.14. The Balaban J connectivity index is 2.12. The molecule has 0 saturated heterocycles. The molecule has 0 aliphatic heterocycles. The summed E-state index contributed by atoms with van der Waals surface area (Å²) in [5.74, 6) is -0.408. The summed E-state index contributed by atoms with van der Waals surface area (Å²) in [6.07, 6.45) is 0. The molecule has 2 amide bonds. The second kappa shape index (κ2) is 7.83. The Morgan fingerprint density at radius 2 is 1.72 bits per heavy atom. The van der Waals surface area contributed by atoms with Gasteiger partial charge in [-0.1, -0.05) is 51.1 Å². The van der Waals surface area contributed by atoms with Gasteiger partial charge in [-0.15, -0.1) is 11.3 Å². The zero-order chi connectivity index (χ0) is 18.6. The van der Waals surface area contributed by atoms with Crippen LogP contribution in [0, 0.1) is 12.3 Å². The van der Waals surface area contributed by atoms with Gasteiger partial charge < -0.3 is 10.6 Å². The van der Waals surface area contributed by atoms with E-state index in [4.69, 9.17) is 0 Å². The second-order valence-electron chi connectivity index (χ2n) is 7.34. The molecule has 1 aromatic heterocycles. The molecule has 5 heteroatoms. The predicted octanol–water partition coefficient (Wildman–Crippen LogP) is 4.08. The van der Waals surface area contributed by atoms with Crippen molar-refractivity contribution in [3.05, 3.63) is 57.8 Å². The lowest BCUT2D eigenvalue weighted by Crippen LogP contribution is -2.48. The van der Waals surface area contributed by atoms with E-state index in [9.17, 15) is 9.59 Å². The number of amides is 2. The van der Waals surface area contributed by atoms with E-state index in [0.717, 1.165) is 11.1 Å². The Bertz CT molecular complexity index is 732. The Morgan fingerprint density at radius 1 is 1.04 bits per heavy atom. The van der Waals surface area contributed by atoms with Crippen LogP contribution in [0.25, 0.3) is 0 Å². The van der Waals surface area contributed by atoms with E-state index >= 15 is 0 Å². The standard InChI is InChI=1S/C20H26N2O2S/c1-13-9-6-7-10-15(13)17(20(3,4)5)22-18(23)14(2)21-19(24)16-11-8-12-25-16/h6-12,14,17H,1-5H3,(H,21,24)(H,22,23)/t14-,17+/m1/s1. The van der Waals surface area contributed by atoms with Crippen molar-refractivity contribution >= 4 is 23.2 Å². The first kappa shape index (κ1) is 19.2. The van der Waals surface area contributed by atoms with Crippen LogP contribution in [0.15, 0.2) is 41.8 Å². The average molecular weight is 359 g/mol. The summed E-state index contributed by atoms with van der Waals surface area (Å²) in [5, 5.41) is 7.72. The van der Waals surface area contributed by atoms with Gasteiger partial charge in [0, 0.05) is 0 Å². The summed E-state index contributed by atoms with van der Waals surface area (Å²) in [6, 6.07) is 10.9. The minimum absolute atomic E-state index is 0.137. The fourth-order valence-electron chi connectivity index (χ4n) is 2.68. The summed E-state index contributed by atoms with van der Waals surface area (Å²) in [6.45, 7) is 10.0. The molecule has 0 bridgehead atoms. The van der Waals surface area contributed by atoms with Gasteiger partial charge in [-0.3, -0.25) is 9.59 Å². The maximum Gasteiger partial charge on any atom is 0.261 e. The number of rotatable bonds is 5. The molecule has 134 valence electrons. The maximum absolute atomic E-state index is 12.7. The van der Waals surface area contributed by atoms with Crippen LogP contribution in [0.4, 0.5) is 0 Å².